The summed E-state index contributed by atoms with van der Waals surface area (Å²) in [6.45, 7) is 8.86. The highest BCUT2D eigenvalue weighted by atomic mass is 16.4. The molecule has 0 saturated carbocycles. The first-order chi connectivity index (χ1) is 9.99. The van der Waals surface area contributed by atoms with Crippen molar-refractivity contribution in [2.24, 2.45) is 5.41 Å². The van der Waals surface area contributed by atoms with Crippen molar-refractivity contribution in [1.29, 1.82) is 0 Å². The van der Waals surface area contributed by atoms with E-state index >= 15 is 0 Å². The maximum absolute atomic E-state index is 10.6. The highest BCUT2D eigenvalue weighted by Gasteiger charge is 2.34. The van der Waals surface area contributed by atoms with E-state index in [1.54, 1.807) is 6.08 Å². The second kappa shape index (κ2) is 6.33. The van der Waals surface area contributed by atoms with Crippen molar-refractivity contribution in [2.75, 3.05) is 18.0 Å². The number of nitrogens with zero attached hydrogens (tertiary/aromatic N) is 1. The lowest BCUT2D eigenvalue weighted by Gasteiger charge is -2.27. The van der Waals surface area contributed by atoms with Gasteiger partial charge in [-0.25, -0.2) is 4.79 Å². The number of aliphatic carboxylic acids is 1. The van der Waals surface area contributed by atoms with Crippen LogP contribution >= 0.6 is 0 Å². The Morgan fingerprint density at radius 2 is 2.10 bits per heavy atom. The van der Waals surface area contributed by atoms with Crippen molar-refractivity contribution >= 4 is 17.7 Å². The lowest BCUT2D eigenvalue weighted by atomic mass is 9.82. The Bertz CT molecular complexity index is 544. The van der Waals surface area contributed by atoms with Gasteiger partial charge in [0.15, 0.2) is 0 Å². The van der Waals surface area contributed by atoms with Crippen molar-refractivity contribution in [1.82, 2.24) is 0 Å². The Labute approximate surface area is 127 Å². The summed E-state index contributed by atoms with van der Waals surface area (Å²) in [5.74, 6) is -0.909. The molecule has 0 amide bonds. The largest absolute Gasteiger partial charge is 0.478 e. The van der Waals surface area contributed by atoms with E-state index in [9.17, 15) is 4.79 Å². The van der Waals surface area contributed by atoms with E-state index in [0.29, 0.717) is 5.41 Å². The Morgan fingerprint density at radius 3 is 2.62 bits per heavy atom. The zero-order chi connectivity index (χ0) is 15.5. The third-order valence-electron chi connectivity index (χ3n) is 4.96. The van der Waals surface area contributed by atoms with Crippen LogP contribution in [0.15, 0.2) is 24.3 Å². The van der Waals surface area contributed by atoms with Crippen LogP contribution in [0, 0.1) is 12.3 Å². The first-order valence-electron chi connectivity index (χ1n) is 7.76. The van der Waals surface area contributed by atoms with Gasteiger partial charge in [-0.15, -0.1) is 0 Å². The Kier molecular flexibility index (Phi) is 4.71. The standard InChI is InChI=1S/C18H25NO2/c1-4-18(5-2)10-11-19(13-18)16-8-6-15(14(3)12-16)7-9-17(20)21/h6-9,12H,4-5,10-11,13H2,1-3H3,(H,20,21)/b9-7+. The highest BCUT2D eigenvalue weighted by molar-refractivity contribution is 5.85. The lowest BCUT2D eigenvalue weighted by Crippen LogP contribution is -2.26. The average molecular weight is 287 g/mol. The molecule has 0 bridgehead atoms. The van der Waals surface area contributed by atoms with Gasteiger partial charge in [-0.05, 0) is 60.9 Å². The summed E-state index contributed by atoms with van der Waals surface area (Å²) < 4.78 is 0. The molecule has 1 aliphatic rings. The van der Waals surface area contributed by atoms with Crippen LogP contribution in [0.1, 0.15) is 44.2 Å². The molecule has 114 valence electrons. The molecule has 0 unspecified atom stereocenters. The predicted octanol–water partition coefficient (Wildman–Crippen LogP) is 4.11. The van der Waals surface area contributed by atoms with Gasteiger partial charge < -0.3 is 10.0 Å². The molecule has 1 aliphatic heterocycles. The van der Waals surface area contributed by atoms with E-state index < -0.39 is 5.97 Å². The van der Waals surface area contributed by atoms with Crippen LogP contribution < -0.4 is 4.90 Å². The Balaban J connectivity index is 2.16. The minimum absolute atomic E-state index is 0.468. The van der Waals surface area contributed by atoms with Crippen molar-refractivity contribution in [2.45, 2.75) is 40.0 Å². The van der Waals surface area contributed by atoms with E-state index in [4.69, 9.17) is 5.11 Å². The fourth-order valence-electron chi connectivity index (χ4n) is 3.19. The minimum Gasteiger partial charge on any atom is -0.478 e. The molecule has 0 aliphatic carbocycles. The van der Waals surface area contributed by atoms with E-state index in [0.717, 1.165) is 24.2 Å². The van der Waals surface area contributed by atoms with Crippen LogP contribution in [0.2, 0.25) is 0 Å². The van der Waals surface area contributed by atoms with Gasteiger partial charge in [0, 0.05) is 24.9 Å². The monoisotopic (exact) mass is 287 g/mol. The zero-order valence-electron chi connectivity index (χ0n) is 13.2. The first kappa shape index (κ1) is 15.6. The Hall–Kier alpha value is -1.77. The fourth-order valence-corrected chi connectivity index (χ4v) is 3.19. The van der Waals surface area contributed by atoms with Crippen molar-refractivity contribution < 1.29 is 9.90 Å². The van der Waals surface area contributed by atoms with E-state index in [1.165, 1.54) is 31.0 Å². The lowest BCUT2D eigenvalue weighted by molar-refractivity contribution is -0.131. The number of benzene rings is 1. The van der Waals surface area contributed by atoms with Crippen molar-refractivity contribution in [3.8, 4) is 0 Å². The molecule has 1 aromatic rings. The van der Waals surface area contributed by atoms with Crippen LogP contribution in [0.25, 0.3) is 6.08 Å². The Morgan fingerprint density at radius 1 is 1.38 bits per heavy atom. The van der Waals surface area contributed by atoms with Gasteiger partial charge in [-0.2, -0.15) is 0 Å². The first-order valence-corrected chi connectivity index (χ1v) is 7.76. The van der Waals surface area contributed by atoms with Crippen LogP contribution in [-0.4, -0.2) is 24.2 Å². The summed E-state index contributed by atoms with van der Waals surface area (Å²) in [5, 5.41) is 8.71. The molecule has 2 rings (SSSR count). The van der Waals surface area contributed by atoms with Crippen LogP contribution in [0.5, 0.6) is 0 Å². The number of anilines is 1. The summed E-state index contributed by atoms with van der Waals surface area (Å²) in [4.78, 5) is 13.1. The van der Waals surface area contributed by atoms with Crippen molar-refractivity contribution in [3.05, 3.63) is 35.4 Å². The maximum Gasteiger partial charge on any atom is 0.328 e. The van der Waals surface area contributed by atoms with E-state index in [2.05, 4.69) is 30.9 Å². The van der Waals surface area contributed by atoms with Gasteiger partial charge in [0.05, 0.1) is 0 Å². The normalized spacial score (nSPS) is 17.6. The maximum atomic E-state index is 10.6. The summed E-state index contributed by atoms with van der Waals surface area (Å²) in [6.07, 6.45) is 6.58. The van der Waals surface area contributed by atoms with Crippen LogP contribution in [0.3, 0.4) is 0 Å². The topological polar surface area (TPSA) is 40.5 Å². The quantitative estimate of drug-likeness (QED) is 0.829. The molecule has 3 heteroatoms. The molecule has 0 spiro atoms. The number of carbonyl (C=O) groups is 1. The van der Waals surface area contributed by atoms with Gasteiger partial charge in [-0.1, -0.05) is 19.9 Å². The van der Waals surface area contributed by atoms with Gasteiger partial charge >= 0.3 is 5.97 Å². The number of hydrogen-bond donors (Lipinski definition) is 1. The van der Waals surface area contributed by atoms with Gasteiger partial charge in [-0.3, -0.25) is 0 Å². The molecule has 0 aromatic heterocycles. The number of aryl methyl sites for hydroxylation is 1. The number of hydrogen-bond acceptors (Lipinski definition) is 2. The number of carboxylic acids is 1. The summed E-state index contributed by atoms with van der Waals surface area (Å²) >= 11 is 0. The summed E-state index contributed by atoms with van der Waals surface area (Å²) in [7, 11) is 0. The molecule has 1 aromatic carbocycles. The number of rotatable bonds is 5. The fraction of sp³-hybridized carbons (Fsp3) is 0.500. The molecular formula is C18H25NO2. The molecule has 1 heterocycles. The minimum atomic E-state index is -0.909. The molecule has 1 saturated heterocycles. The molecule has 3 nitrogen and oxygen atoms in total. The zero-order valence-corrected chi connectivity index (χ0v) is 13.2. The van der Waals surface area contributed by atoms with Gasteiger partial charge in [0.1, 0.15) is 0 Å². The van der Waals surface area contributed by atoms with Gasteiger partial charge in [0.25, 0.3) is 0 Å². The van der Waals surface area contributed by atoms with E-state index in [-0.39, 0.29) is 0 Å². The predicted molar refractivity (Wildman–Crippen MR) is 87.7 cm³/mol. The second-order valence-electron chi connectivity index (χ2n) is 6.09. The third-order valence-corrected chi connectivity index (χ3v) is 4.96. The summed E-state index contributed by atoms with van der Waals surface area (Å²) in [5.41, 5.74) is 3.81. The molecule has 1 fully saturated rings. The van der Waals surface area contributed by atoms with Gasteiger partial charge in [0.2, 0.25) is 0 Å². The molecule has 1 N–H and O–H groups in total. The van der Waals surface area contributed by atoms with E-state index in [1.807, 2.05) is 13.0 Å². The smallest absolute Gasteiger partial charge is 0.328 e. The molecule has 0 atom stereocenters. The van der Waals surface area contributed by atoms with Crippen LogP contribution in [-0.2, 0) is 4.79 Å². The SMILES string of the molecule is CCC1(CC)CCN(c2ccc(/C=C/C(=O)O)c(C)c2)C1. The number of carboxylic acid groups (broad SMARTS) is 1. The highest BCUT2D eigenvalue weighted by Crippen LogP contribution is 2.39. The summed E-state index contributed by atoms with van der Waals surface area (Å²) in [6, 6.07) is 6.29. The molecular weight excluding hydrogens is 262 g/mol. The molecule has 21 heavy (non-hydrogen) atoms. The second-order valence-corrected chi connectivity index (χ2v) is 6.09. The average Bonchev–Trinajstić information content (AvgIpc) is 2.91. The molecule has 0 radical (unpaired) electrons. The van der Waals surface area contributed by atoms with Crippen molar-refractivity contribution in [3.63, 3.8) is 0 Å². The van der Waals surface area contributed by atoms with Crippen LogP contribution in [0.4, 0.5) is 5.69 Å². The third kappa shape index (κ3) is 3.46.